The fourth-order valence-corrected chi connectivity index (χ4v) is 1.04. The largest absolute Gasteiger partial charge is 0.329 e. The van der Waals surface area contributed by atoms with Crippen molar-refractivity contribution in [2.24, 2.45) is 0 Å². The number of thiol groups is 1. The summed E-state index contributed by atoms with van der Waals surface area (Å²) in [7, 11) is 0. The van der Waals surface area contributed by atoms with Crippen molar-refractivity contribution in [2.75, 3.05) is 5.32 Å². The first-order chi connectivity index (χ1) is 6.26. The van der Waals surface area contributed by atoms with Gasteiger partial charge in [-0.25, -0.2) is 4.79 Å². The van der Waals surface area contributed by atoms with E-state index in [0.717, 1.165) is 12.1 Å². The highest BCUT2D eigenvalue weighted by Crippen LogP contribution is 2.09. The van der Waals surface area contributed by atoms with Gasteiger partial charge in [-0.1, -0.05) is 31.9 Å². The van der Waals surface area contributed by atoms with Gasteiger partial charge in [-0.3, -0.25) is 4.72 Å². The van der Waals surface area contributed by atoms with Gasteiger partial charge in [0.1, 0.15) is 0 Å². The summed E-state index contributed by atoms with van der Waals surface area (Å²) in [5, 5.41) is 2.62. The predicted molar refractivity (Wildman–Crippen MR) is 57.0 cm³/mol. The fraction of sp³-hybridized carbons (Fsp3) is 0.222. The van der Waals surface area contributed by atoms with E-state index in [1.54, 1.807) is 0 Å². The molecule has 0 spiro atoms. The Morgan fingerprint density at radius 1 is 1.38 bits per heavy atom. The molecule has 70 valence electrons. The Morgan fingerprint density at radius 2 is 2.00 bits per heavy atom. The fourth-order valence-electron chi connectivity index (χ4n) is 0.983. The summed E-state index contributed by atoms with van der Waals surface area (Å²) in [6.07, 6.45) is 0.999. The summed E-state index contributed by atoms with van der Waals surface area (Å²) < 4.78 is 2.19. The Labute approximate surface area is 83.1 Å². The maximum Gasteiger partial charge on any atom is 0.329 e. The molecule has 4 heteroatoms. The maximum atomic E-state index is 10.8. The van der Waals surface area contributed by atoms with E-state index < -0.39 is 0 Å². The second-order valence-corrected chi connectivity index (χ2v) is 2.84. The summed E-state index contributed by atoms with van der Waals surface area (Å²) in [5.74, 6) is 0. The monoisotopic (exact) mass is 196 g/mol. The zero-order valence-electron chi connectivity index (χ0n) is 7.37. The smallest absolute Gasteiger partial charge is 0.307 e. The van der Waals surface area contributed by atoms with Gasteiger partial charge in [-0.05, 0) is 24.1 Å². The molecule has 3 nitrogen and oxygen atoms in total. The van der Waals surface area contributed by atoms with Crippen molar-refractivity contribution >= 4 is 24.5 Å². The molecule has 0 aromatic heterocycles. The van der Waals surface area contributed by atoms with Gasteiger partial charge in [-0.15, -0.1) is 0 Å². The van der Waals surface area contributed by atoms with Crippen LogP contribution < -0.4 is 10.0 Å². The zero-order valence-corrected chi connectivity index (χ0v) is 8.27. The van der Waals surface area contributed by atoms with Crippen LogP contribution in [0.2, 0.25) is 0 Å². The highest BCUT2D eigenvalue weighted by atomic mass is 32.1. The molecule has 0 saturated heterocycles. The van der Waals surface area contributed by atoms with E-state index in [-0.39, 0.29) is 6.03 Å². The lowest BCUT2D eigenvalue weighted by atomic mass is 10.1. The Balaban J connectivity index is 2.64. The summed E-state index contributed by atoms with van der Waals surface area (Å²) in [5.41, 5.74) is 2.01. The van der Waals surface area contributed by atoms with Gasteiger partial charge in [0.05, 0.1) is 0 Å². The predicted octanol–water partition coefficient (Wildman–Crippen LogP) is 2.22. The van der Waals surface area contributed by atoms with Crippen molar-refractivity contribution in [2.45, 2.75) is 13.3 Å². The molecule has 1 aromatic rings. The normalized spacial score (nSPS) is 9.38. The highest BCUT2D eigenvalue weighted by Gasteiger charge is 1.97. The van der Waals surface area contributed by atoms with Gasteiger partial charge < -0.3 is 5.32 Å². The third kappa shape index (κ3) is 2.99. The number of aryl methyl sites for hydroxylation is 1. The summed E-state index contributed by atoms with van der Waals surface area (Å²) >= 11 is 3.62. The molecule has 0 aliphatic heterocycles. The average molecular weight is 196 g/mol. The van der Waals surface area contributed by atoms with Crippen LogP contribution in [0, 0.1) is 0 Å². The Hall–Kier alpha value is -1.16. The lowest BCUT2D eigenvalue weighted by Crippen LogP contribution is -2.20. The number of nitrogens with one attached hydrogen (secondary N) is 2. The van der Waals surface area contributed by atoms with Crippen molar-refractivity contribution in [3.05, 3.63) is 29.8 Å². The number of anilines is 1. The van der Waals surface area contributed by atoms with Crippen molar-refractivity contribution in [3.8, 4) is 0 Å². The van der Waals surface area contributed by atoms with Crippen molar-refractivity contribution in [1.82, 2.24) is 4.72 Å². The third-order valence-electron chi connectivity index (χ3n) is 1.72. The molecular formula is C9H12N2OS. The Bertz CT molecular complexity index is 284. The molecule has 2 amide bonds. The summed E-state index contributed by atoms with van der Waals surface area (Å²) in [6.45, 7) is 2.09. The minimum atomic E-state index is -0.326. The molecule has 0 fully saturated rings. The van der Waals surface area contributed by atoms with Gasteiger partial charge in [0.25, 0.3) is 0 Å². The van der Waals surface area contributed by atoms with Crippen LogP contribution in [0.15, 0.2) is 24.3 Å². The molecule has 2 N–H and O–H groups in total. The lowest BCUT2D eigenvalue weighted by Gasteiger charge is -2.03. The molecule has 0 saturated carbocycles. The maximum absolute atomic E-state index is 10.8. The van der Waals surface area contributed by atoms with E-state index in [9.17, 15) is 4.79 Å². The number of hydrogen-bond acceptors (Lipinski definition) is 2. The van der Waals surface area contributed by atoms with Crippen LogP contribution in [-0.4, -0.2) is 6.03 Å². The summed E-state index contributed by atoms with van der Waals surface area (Å²) in [4.78, 5) is 10.8. The number of carbonyl (C=O) groups excluding carboxylic acids is 1. The quantitative estimate of drug-likeness (QED) is 0.624. The molecule has 13 heavy (non-hydrogen) atoms. The van der Waals surface area contributed by atoms with E-state index in [1.807, 2.05) is 24.3 Å². The van der Waals surface area contributed by atoms with Gasteiger partial charge in [-0.2, -0.15) is 0 Å². The number of amides is 2. The lowest BCUT2D eigenvalue weighted by molar-refractivity contribution is 0.257. The number of benzene rings is 1. The highest BCUT2D eigenvalue weighted by molar-refractivity contribution is 7.78. The van der Waals surface area contributed by atoms with E-state index in [4.69, 9.17) is 0 Å². The van der Waals surface area contributed by atoms with E-state index in [0.29, 0.717) is 0 Å². The minimum Gasteiger partial charge on any atom is -0.307 e. The number of hydrogen-bond donors (Lipinski definition) is 3. The van der Waals surface area contributed by atoms with Crippen molar-refractivity contribution in [3.63, 3.8) is 0 Å². The molecule has 0 aliphatic rings. The Kier molecular flexibility index (Phi) is 3.64. The standard InChI is InChI=1S/C9H12N2OS/c1-2-7-3-5-8(6-4-7)10-9(12)11-13/h3-6,13H,2H2,1H3,(H2,10,11,12). The van der Waals surface area contributed by atoms with Crippen LogP contribution in [-0.2, 0) is 6.42 Å². The van der Waals surface area contributed by atoms with E-state index in [1.165, 1.54) is 5.56 Å². The molecule has 0 atom stereocenters. The minimum absolute atomic E-state index is 0.326. The van der Waals surface area contributed by atoms with Gasteiger partial charge in [0, 0.05) is 5.69 Å². The first-order valence-corrected chi connectivity index (χ1v) is 4.51. The summed E-state index contributed by atoms with van der Waals surface area (Å²) in [6, 6.07) is 7.36. The molecule has 0 unspecified atom stereocenters. The first-order valence-electron chi connectivity index (χ1n) is 4.06. The topological polar surface area (TPSA) is 41.1 Å². The second-order valence-electron chi connectivity index (χ2n) is 2.62. The number of rotatable bonds is 2. The van der Waals surface area contributed by atoms with Crippen LogP contribution in [0.1, 0.15) is 12.5 Å². The van der Waals surface area contributed by atoms with Gasteiger partial charge >= 0.3 is 6.03 Å². The Morgan fingerprint density at radius 3 is 2.46 bits per heavy atom. The van der Waals surface area contributed by atoms with Gasteiger partial charge in [0.15, 0.2) is 0 Å². The molecule has 0 heterocycles. The molecule has 1 rings (SSSR count). The molecular weight excluding hydrogens is 184 g/mol. The molecule has 0 aliphatic carbocycles. The molecule has 0 radical (unpaired) electrons. The van der Waals surface area contributed by atoms with E-state index >= 15 is 0 Å². The van der Waals surface area contributed by atoms with Crippen molar-refractivity contribution in [1.29, 1.82) is 0 Å². The van der Waals surface area contributed by atoms with Gasteiger partial charge in [0.2, 0.25) is 0 Å². The second kappa shape index (κ2) is 4.77. The average Bonchev–Trinajstić information content (AvgIpc) is 2.19. The van der Waals surface area contributed by atoms with Crippen LogP contribution in [0.5, 0.6) is 0 Å². The van der Waals surface area contributed by atoms with Crippen LogP contribution in [0.3, 0.4) is 0 Å². The van der Waals surface area contributed by atoms with Crippen LogP contribution in [0.25, 0.3) is 0 Å². The molecule has 0 bridgehead atoms. The van der Waals surface area contributed by atoms with Crippen molar-refractivity contribution < 1.29 is 4.79 Å². The van der Waals surface area contributed by atoms with Crippen LogP contribution in [0.4, 0.5) is 10.5 Å². The molecule has 1 aromatic carbocycles. The number of urea groups is 1. The zero-order chi connectivity index (χ0) is 9.68. The first kappa shape index (κ1) is 9.92. The van der Waals surface area contributed by atoms with E-state index in [2.05, 4.69) is 29.8 Å². The third-order valence-corrected chi connectivity index (χ3v) is 1.92. The number of carbonyl (C=O) groups is 1. The SMILES string of the molecule is CCc1ccc(NC(=O)NS)cc1. The van der Waals surface area contributed by atoms with Crippen LogP contribution >= 0.6 is 12.8 Å².